The highest BCUT2D eigenvalue weighted by Gasteiger charge is 2.26. The lowest BCUT2D eigenvalue weighted by atomic mass is 10.1. The molecule has 0 spiro atoms. The Morgan fingerprint density at radius 1 is 1.16 bits per heavy atom. The molecule has 2 N–H and O–H groups in total. The number of piperazine rings is 1. The number of nitrogens with zero attached hydrogens (tertiary/aromatic N) is 4. The van der Waals surface area contributed by atoms with Crippen LogP contribution in [0.1, 0.15) is 24.0 Å². The molecule has 1 fully saturated rings. The molecule has 1 aliphatic rings. The van der Waals surface area contributed by atoms with Crippen molar-refractivity contribution in [2.24, 2.45) is 5.73 Å². The second kappa shape index (κ2) is 7.71. The smallest absolute Gasteiger partial charge is 0.319 e. The van der Waals surface area contributed by atoms with Gasteiger partial charge in [-0.1, -0.05) is 30.3 Å². The van der Waals surface area contributed by atoms with E-state index >= 15 is 0 Å². The molecule has 25 heavy (non-hydrogen) atoms. The number of halogens is 2. The molecule has 0 radical (unpaired) electrons. The average Bonchev–Trinajstić information content (AvgIpc) is 3.10. The zero-order chi connectivity index (χ0) is 17.8. The van der Waals surface area contributed by atoms with E-state index in [-0.39, 0.29) is 5.91 Å². The van der Waals surface area contributed by atoms with Crippen molar-refractivity contribution >= 4 is 5.91 Å². The van der Waals surface area contributed by atoms with Crippen molar-refractivity contribution in [1.82, 2.24) is 19.4 Å². The minimum absolute atomic E-state index is 0.111. The monoisotopic (exact) mass is 349 g/mol. The van der Waals surface area contributed by atoms with Crippen LogP contribution in [0.5, 0.6) is 0 Å². The van der Waals surface area contributed by atoms with Gasteiger partial charge in [-0.05, 0) is 5.56 Å². The van der Waals surface area contributed by atoms with Crippen LogP contribution in [-0.2, 0) is 11.3 Å². The van der Waals surface area contributed by atoms with Crippen molar-refractivity contribution in [2.75, 3.05) is 26.2 Å². The fourth-order valence-electron chi connectivity index (χ4n) is 2.97. The lowest BCUT2D eigenvalue weighted by Crippen LogP contribution is -2.50. The summed E-state index contributed by atoms with van der Waals surface area (Å²) in [7, 11) is 0. The fourth-order valence-corrected chi connectivity index (χ4v) is 2.97. The minimum atomic E-state index is -2.59. The average molecular weight is 349 g/mol. The van der Waals surface area contributed by atoms with E-state index in [2.05, 4.69) is 4.98 Å². The molecule has 0 saturated carbocycles. The van der Waals surface area contributed by atoms with Crippen molar-refractivity contribution in [1.29, 1.82) is 0 Å². The number of imidazole rings is 1. The van der Waals surface area contributed by atoms with Crippen LogP contribution in [0.25, 0.3) is 0 Å². The van der Waals surface area contributed by atoms with E-state index in [1.54, 1.807) is 4.90 Å². The number of aromatic nitrogens is 2. The molecule has 6 nitrogen and oxygen atoms in total. The van der Waals surface area contributed by atoms with Crippen molar-refractivity contribution < 1.29 is 13.6 Å². The summed E-state index contributed by atoms with van der Waals surface area (Å²) in [6.45, 7) is -0.00965. The van der Waals surface area contributed by atoms with Crippen LogP contribution in [0.4, 0.5) is 8.78 Å². The zero-order valence-electron chi connectivity index (χ0n) is 13.8. The van der Waals surface area contributed by atoms with E-state index in [4.69, 9.17) is 5.73 Å². The molecule has 0 bridgehead atoms. The molecule has 1 aliphatic heterocycles. The summed E-state index contributed by atoms with van der Waals surface area (Å²) in [5.41, 5.74) is 6.85. The third kappa shape index (κ3) is 4.02. The highest BCUT2D eigenvalue weighted by Crippen LogP contribution is 2.17. The summed E-state index contributed by atoms with van der Waals surface area (Å²) in [5, 5.41) is 0. The van der Waals surface area contributed by atoms with E-state index < -0.39 is 12.6 Å². The molecule has 1 aromatic heterocycles. The number of hydrogen-bond acceptors (Lipinski definition) is 4. The van der Waals surface area contributed by atoms with Gasteiger partial charge in [0.1, 0.15) is 11.9 Å². The standard InChI is InChI=1S/C17H21F2N5O/c18-17(19)24-7-6-21-14(24)12-22-8-10-23(11-9-22)16(25)15(20)13-4-2-1-3-5-13/h1-7,15,17H,8-12,20H2. The molecule has 2 heterocycles. The predicted molar refractivity (Wildman–Crippen MR) is 88.7 cm³/mol. The number of nitrogens with two attached hydrogens (primary N) is 1. The second-order valence-corrected chi connectivity index (χ2v) is 6.02. The number of hydrogen-bond donors (Lipinski definition) is 1. The summed E-state index contributed by atoms with van der Waals surface area (Å²) < 4.78 is 26.6. The Balaban J connectivity index is 1.55. The molecule has 0 aliphatic carbocycles. The van der Waals surface area contributed by atoms with Gasteiger partial charge >= 0.3 is 6.55 Å². The van der Waals surface area contributed by atoms with E-state index in [0.29, 0.717) is 38.5 Å². The molecule has 1 unspecified atom stereocenters. The molecule has 2 aromatic rings. The van der Waals surface area contributed by atoms with Gasteiger partial charge in [-0.3, -0.25) is 14.3 Å². The van der Waals surface area contributed by atoms with Crippen molar-refractivity contribution in [3.05, 3.63) is 54.1 Å². The molecule has 1 amide bonds. The maximum Gasteiger partial charge on any atom is 0.319 e. The van der Waals surface area contributed by atoms with Crippen LogP contribution < -0.4 is 5.73 Å². The molecular weight excluding hydrogens is 328 g/mol. The zero-order valence-corrected chi connectivity index (χ0v) is 13.8. The summed E-state index contributed by atoms with van der Waals surface area (Å²) >= 11 is 0. The lowest BCUT2D eigenvalue weighted by Gasteiger charge is -2.35. The molecular formula is C17H21F2N5O. The normalized spacial score (nSPS) is 17.0. The van der Waals surface area contributed by atoms with Crippen LogP contribution in [0.2, 0.25) is 0 Å². The Kier molecular flexibility index (Phi) is 5.40. The quantitative estimate of drug-likeness (QED) is 0.891. The van der Waals surface area contributed by atoms with Gasteiger partial charge < -0.3 is 10.6 Å². The van der Waals surface area contributed by atoms with Gasteiger partial charge in [-0.15, -0.1) is 0 Å². The number of carbonyl (C=O) groups is 1. The predicted octanol–water partition coefficient (Wildman–Crippen LogP) is 1.62. The molecule has 1 atom stereocenters. The Bertz CT molecular complexity index is 698. The highest BCUT2D eigenvalue weighted by atomic mass is 19.3. The number of rotatable bonds is 5. The Morgan fingerprint density at radius 3 is 2.48 bits per heavy atom. The summed E-state index contributed by atoms with van der Waals surface area (Å²) in [6, 6.07) is 8.58. The second-order valence-electron chi connectivity index (χ2n) is 6.02. The van der Waals surface area contributed by atoms with Gasteiger partial charge in [0, 0.05) is 38.6 Å². The Morgan fingerprint density at radius 2 is 1.84 bits per heavy atom. The van der Waals surface area contributed by atoms with Crippen molar-refractivity contribution in [3.8, 4) is 0 Å². The third-order valence-electron chi connectivity index (χ3n) is 4.43. The van der Waals surface area contributed by atoms with Crippen LogP contribution in [0.3, 0.4) is 0 Å². The first-order chi connectivity index (χ1) is 12.1. The van der Waals surface area contributed by atoms with Gasteiger partial charge in [0.25, 0.3) is 0 Å². The van der Waals surface area contributed by atoms with Crippen molar-refractivity contribution in [2.45, 2.75) is 19.1 Å². The number of amides is 1. The lowest BCUT2D eigenvalue weighted by molar-refractivity contribution is -0.134. The maximum absolute atomic E-state index is 12.9. The van der Waals surface area contributed by atoms with Crippen LogP contribution in [-0.4, -0.2) is 51.4 Å². The first-order valence-corrected chi connectivity index (χ1v) is 8.18. The maximum atomic E-state index is 12.9. The summed E-state index contributed by atoms with van der Waals surface area (Å²) in [6.07, 6.45) is 2.65. The number of alkyl halides is 2. The first-order valence-electron chi connectivity index (χ1n) is 8.18. The van der Waals surface area contributed by atoms with E-state index in [1.807, 2.05) is 35.2 Å². The van der Waals surface area contributed by atoms with E-state index in [9.17, 15) is 13.6 Å². The van der Waals surface area contributed by atoms with Crippen LogP contribution in [0.15, 0.2) is 42.7 Å². The summed E-state index contributed by atoms with van der Waals surface area (Å²) in [4.78, 5) is 20.3. The molecule has 3 rings (SSSR count). The molecule has 1 aromatic carbocycles. The highest BCUT2D eigenvalue weighted by molar-refractivity contribution is 5.83. The van der Waals surface area contributed by atoms with Crippen molar-refractivity contribution in [3.63, 3.8) is 0 Å². The Hall–Kier alpha value is -2.32. The Labute approximate surface area is 144 Å². The molecule has 134 valence electrons. The van der Waals surface area contributed by atoms with Gasteiger partial charge in [-0.25, -0.2) is 4.98 Å². The van der Waals surface area contributed by atoms with Crippen LogP contribution in [0, 0.1) is 0 Å². The SMILES string of the molecule is NC(C(=O)N1CCN(Cc2nccn2C(F)F)CC1)c1ccccc1. The topological polar surface area (TPSA) is 67.4 Å². The largest absolute Gasteiger partial charge is 0.338 e. The van der Waals surface area contributed by atoms with Crippen LogP contribution >= 0.6 is 0 Å². The number of carbonyl (C=O) groups excluding carboxylic acids is 1. The summed E-state index contributed by atoms with van der Waals surface area (Å²) in [5.74, 6) is 0.218. The van der Waals surface area contributed by atoms with E-state index in [0.717, 1.165) is 10.1 Å². The first kappa shape index (κ1) is 17.5. The van der Waals surface area contributed by atoms with E-state index in [1.165, 1.54) is 12.4 Å². The molecule has 1 saturated heterocycles. The molecule has 8 heteroatoms. The fraction of sp³-hybridized carbons (Fsp3) is 0.412. The number of benzene rings is 1. The van der Waals surface area contributed by atoms with Gasteiger partial charge in [-0.2, -0.15) is 8.78 Å². The minimum Gasteiger partial charge on any atom is -0.338 e. The van der Waals surface area contributed by atoms with Gasteiger partial charge in [0.2, 0.25) is 5.91 Å². The van der Waals surface area contributed by atoms with Gasteiger partial charge in [0.15, 0.2) is 0 Å². The van der Waals surface area contributed by atoms with Gasteiger partial charge in [0.05, 0.1) is 6.54 Å². The third-order valence-corrected chi connectivity index (χ3v) is 4.43.